The number of hydrogen-bond donors (Lipinski definition) is 2. The molecule has 1 heterocycles. The highest BCUT2D eigenvalue weighted by Crippen LogP contribution is 2.38. The van der Waals surface area contributed by atoms with Crippen LogP contribution in [0, 0.1) is 0 Å². The van der Waals surface area contributed by atoms with E-state index in [2.05, 4.69) is 67.4 Å². The van der Waals surface area contributed by atoms with E-state index in [0.717, 1.165) is 13.1 Å². The highest BCUT2D eigenvalue weighted by atomic mass is 31.2. The van der Waals surface area contributed by atoms with Gasteiger partial charge in [0.15, 0.2) is 0 Å². The molecule has 0 bridgehead atoms. The first-order valence-corrected chi connectivity index (χ1v) is 9.90. The highest BCUT2D eigenvalue weighted by Gasteiger charge is 2.51. The minimum Gasteiger partial charge on any atom is -0.400 e. The van der Waals surface area contributed by atoms with Crippen LogP contribution in [0.15, 0.2) is 37.4 Å². The van der Waals surface area contributed by atoms with Crippen LogP contribution in [0.4, 0.5) is 0 Å². The zero-order valence-corrected chi connectivity index (χ0v) is 17.5. The molecule has 1 aliphatic rings. The van der Waals surface area contributed by atoms with Crippen LogP contribution in [0.25, 0.3) is 0 Å². The lowest BCUT2D eigenvalue weighted by atomic mass is 9.79. The molecule has 0 aromatic rings. The molecule has 0 atom stereocenters. The number of allylic oxidation sites excluding steroid dienone is 3. The minimum absolute atomic E-state index is 0.167. The molecule has 0 unspecified atom stereocenters. The molecule has 1 rings (SSSR count). The van der Waals surface area contributed by atoms with Crippen molar-refractivity contribution in [2.45, 2.75) is 66.1 Å². The summed E-state index contributed by atoms with van der Waals surface area (Å²) in [5, 5.41) is 0. The lowest BCUT2D eigenvalue weighted by Gasteiger charge is -2.32. The highest BCUT2D eigenvalue weighted by molar-refractivity contribution is 7.50. The van der Waals surface area contributed by atoms with Crippen LogP contribution in [0.5, 0.6) is 0 Å². The molecule has 0 amide bonds. The van der Waals surface area contributed by atoms with Gasteiger partial charge in [-0.15, -0.1) is 19.7 Å². The molecule has 5 nitrogen and oxygen atoms in total. The Morgan fingerprint density at radius 2 is 1.42 bits per heavy atom. The second-order valence-electron chi connectivity index (χ2n) is 6.19. The SMILES string of the molecule is C=C.C=CC.CC/C=C(\C)B1OC(C)(C)C(C)(C)O1.CP(=O)(O)O. The molecule has 1 fully saturated rings. The van der Waals surface area contributed by atoms with Crippen LogP contribution in [-0.4, -0.2) is 34.8 Å². The van der Waals surface area contributed by atoms with Gasteiger partial charge in [0.2, 0.25) is 0 Å². The summed E-state index contributed by atoms with van der Waals surface area (Å²) in [6.07, 6.45) is 4.93. The van der Waals surface area contributed by atoms with E-state index >= 15 is 0 Å². The normalized spacial score (nSPS) is 18.1. The molecular weight excluding hydrogens is 326 g/mol. The van der Waals surface area contributed by atoms with E-state index in [1.54, 1.807) is 6.08 Å². The van der Waals surface area contributed by atoms with Gasteiger partial charge in [-0.2, -0.15) is 0 Å². The molecule has 0 aliphatic carbocycles. The first-order valence-electron chi connectivity index (χ1n) is 7.84. The standard InChI is InChI=1S/C11H21BO2.C3H6.C2H4.CH5O3P/c1-7-8-9(2)12-13-10(3,4)11(5,6)14-12;1-3-2;1-2;1-5(2,3)4/h8H,7H2,1-6H3;3H,1H2,2H3;1-2H2;1H3,(H2,2,3,4)/b9-8+;;;. The van der Waals surface area contributed by atoms with Gasteiger partial charge in [-0.25, -0.2) is 0 Å². The van der Waals surface area contributed by atoms with E-state index in [9.17, 15) is 4.57 Å². The molecular formula is C17H36BO5P. The van der Waals surface area contributed by atoms with Crippen LogP contribution in [-0.2, 0) is 13.9 Å². The molecule has 0 spiro atoms. The number of rotatable bonds is 2. The predicted molar refractivity (Wildman–Crippen MR) is 105 cm³/mol. The van der Waals surface area contributed by atoms with Gasteiger partial charge in [-0.3, -0.25) is 4.57 Å². The van der Waals surface area contributed by atoms with E-state index < -0.39 is 7.60 Å². The summed E-state index contributed by atoms with van der Waals surface area (Å²) in [6.45, 7) is 24.6. The summed E-state index contributed by atoms with van der Waals surface area (Å²) in [4.78, 5) is 15.3. The quantitative estimate of drug-likeness (QED) is 0.421. The smallest absolute Gasteiger partial charge is 0.400 e. The van der Waals surface area contributed by atoms with E-state index in [-0.39, 0.29) is 18.3 Å². The minimum atomic E-state index is -3.64. The Bertz CT molecular complexity index is 402. The zero-order valence-electron chi connectivity index (χ0n) is 16.6. The maximum absolute atomic E-state index is 9.33. The van der Waals surface area contributed by atoms with Crippen molar-refractivity contribution in [1.29, 1.82) is 0 Å². The van der Waals surface area contributed by atoms with Crippen molar-refractivity contribution in [1.82, 2.24) is 0 Å². The van der Waals surface area contributed by atoms with Crippen LogP contribution in [0.1, 0.15) is 54.9 Å². The van der Waals surface area contributed by atoms with Crippen molar-refractivity contribution in [3.8, 4) is 0 Å². The van der Waals surface area contributed by atoms with Gasteiger partial charge in [-0.05, 0) is 53.4 Å². The van der Waals surface area contributed by atoms with Gasteiger partial charge in [0.25, 0.3) is 0 Å². The van der Waals surface area contributed by atoms with Crippen molar-refractivity contribution in [2.75, 3.05) is 6.66 Å². The Balaban J connectivity index is -0.000000368. The third-order valence-electron chi connectivity index (χ3n) is 3.15. The largest absolute Gasteiger partial charge is 0.489 e. The first-order chi connectivity index (χ1) is 10.7. The molecule has 0 saturated carbocycles. The Labute approximate surface area is 149 Å². The third kappa shape index (κ3) is 13.8. The van der Waals surface area contributed by atoms with E-state index in [0.29, 0.717) is 0 Å². The maximum Gasteiger partial charge on any atom is 0.489 e. The van der Waals surface area contributed by atoms with E-state index in [1.807, 2.05) is 6.92 Å². The molecule has 2 N–H and O–H groups in total. The molecule has 0 radical (unpaired) electrons. The Morgan fingerprint density at radius 3 is 1.62 bits per heavy atom. The fourth-order valence-electron chi connectivity index (χ4n) is 1.45. The predicted octanol–water partition coefficient (Wildman–Crippen LogP) is 4.76. The van der Waals surface area contributed by atoms with E-state index in [1.165, 1.54) is 5.47 Å². The molecule has 7 heteroatoms. The monoisotopic (exact) mass is 362 g/mol. The van der Waals surface area contributed by atoms with E-state index in [4.69, 9.17) is 19.1 Å². The van der Waals surface area contributed by atoms with Crippen molar-refractivity contribution in [3.05, 3.63) is 37.4 Å². The Kier molecular flexibility index (Phi) is 14.9. The lowest BCUT2D eigenvalue weighted by molar-refractivity contribution is 0.00578. The van der Waals surface area contributed by atoms with Crippen molar-refractivity contribution in [3.63, 3.8) is 0 Å². The summed E-state index contributed by atoms with van der Waals surface area (Å²) < 4.78 is 21.1. The molecule has 142 valence electrons. The molecule has 0 aromatic heterocycles. The zero-order chi connectivity index (χ0) is 20.2. The Hall–Kier alpha value is -0.645. The second kappa shape index (κ2) is 12.7. The summed E-state index contributed by atoms with van der Waals surface area (Å²) in [5.41, 5.74) is 0.729. The maximum atomic E-state index is 9.33. The molecule has 1 aliphatic heterocycles. The summed E-state index contributed by atoms with van der Waals surface area (Å²) in [5.74, 6) is 0. The second-order valence-corrected chi connectivity index (χ2v) is 7.86. The molecule has 0 aromatic carbocycles. The van der Waals surface area contributed by atoms with Gasteiger partial charge < -0.3 is 19.1 Å². The first kappa shape index (κ1) is 28.2. The third-order valence-corrected chi connectivity index (χ3v) is 3.15. The average Bonchev–Trinajstić information content (AvgIpc) is 2.60. The van der Waals surface area contributed by atoms with Crippen molar-refractivity contribution < 1.29 is 23.7 Å². The van der Waals surface area contributed by atoms with Gasteiger partial charge in [0, 0.05) is 6.66 Å². The van der Waals surface area contributed by atoms with Crippen molar-refractivity contribution >= 4 is 14.7 Å². The van der Waals surface area contributed by atoms with Gasteiger partial charge in [-0.1, -0.05) is 19.1 Å². The van der Waals surface area contributed by atoms with Crippen molar-refractivity contribution in [2.24, 2.45) is 0 Å². The fourth-order valence-corrected chi connectivity index (χ4v) is 1.45. The summed E-state index contributed by atoms with van der Waals surface area (Å²) in [7, 11) is -3.81. The summed E-state index contributed by atoms with van der Waals surface area (Å²) in [6, 6.07) is 0. The topological polar surface area (TPSA) is 76.0 Å². The summed E-state index contributed by atoms with van der Waals surface area (Å²) >= 11 is 0. The Morgan fingerprint density at radius 1 is 1.17 bits per heavy atom. The molecule has 24 heavy (non-hydrogen) atoms. The lowest BCUT2D eigenvalue weighted by Crippen LogP contribution is -2.41. The molecule has 1 saturated heterocycles. The van der Waals surface area contributed by atoms with Gasteiger partial charge >= 0.3 is 14.7 Å². The van der Waals surface area contributed by atoms with Crippen LogP contribution in [0.2, 0.25) is 0 Å². The van der Waals surface area contributed by atoms with Crippen LogP contribution in [0.3, 0.4) is 0 Å². The van der Waals surface area contributed by atoms with Crippen LogP contribution >= 0.6 is 7.60 Å². The number of hydrogen-bond acceptors (Lipinski definition) is 3. The fraction of sp³-hybridized carbons (Fsp3) is 0.647. The van der Waals surface area contributed by atoms with Crippen LogP contribution < -0.4 is 0 Å². The average molecular weight is 362 g/mol. The van der Waals surface area contributed by atoms with Gasteiger partial charge in [0.1, 0.15) is 0 Å². The van der Waals surface area contributed by atoms with Gasteiger partial charge in [0.05, 0.1) is 11.2 Å².